The lowest BCUT2D eigenvalue weighted by molar-refractivity contribution is 0.0595. The summed E-state index contributed by atoms with van der Waals surface area (Å²) in [7, 11) is 1.30. The van der Waals surface area contributed by atoms with Crippen LogP contribution in [0.15, 0.2) is 36.5 Å². The van der Waals surface area contributed by atoms with Crippen molar-refractivity contribution in [2.45, 2.75) is 6.92 Å². The maximum absolute atomic E-state index is 14.2. The highest BCUT2D eigenvalue weighted by atomic mass is 19.1. The summed E-state index contributed by atoms with van der Waals surface area (Å²) in [6.07, 6.45) is 1.63. The van der Waals surface area contributed by atoms with Crippen LogP contribution < -0.4 is 0 Å². The van der Waals surface area contributed by atoms with Crippen LogP contribution in [-0.4, -0.2) is 23.0 Å². The Kier molecular flexibility index (Phi) is 3.17. The second kappa shape index (κ2) is 5.01. The predicted octanol–water partition coefficient (Wildman–Crippen LogP) is 3.46. The van der Waals surface area contributed by atoms with Gasteiger partial charge in [-0.25, -0.2) is 9.18 Å². The normalized spacial score (nSPS) is 10.8. The van der Waals surface area contributed by atoms with E-state index < -0.39 is 5.97 Å². The molecule has 0 fully saturated rings. The van der Waals surface area contributed by atoms with Crippen LogP contribution in [-0.2, 0) is 4.74 Å². The molecule has 0 atom stereocenters. The third kappa shape index (κ3) is 2.38. The number of nitrogens with zero attached hydrogens (tertiary/aromatic N) is 1. The minimum Gasteiger partial charge on any atom is -0.464 e. The van der Waals surface area contributed by atoms with Gasteiger partial charge in [0.1, 0.15) is 11.5 Å². The Bertz CT molecular complexity index is 822. The molecule has 106 valence electrons. The zero-order chi connectivity index (χ0) is 15.0. The summed E-state index contributed by atoms with van der Waals surface area (Å²) >= 11 is 0. The second-order valence-corrected chi connectivity index (χ2v) is 4.78. The molecule has 0 saturated carbocycles. The van der Waals surface area contributed by atoms with Crippen molar-refractivity contribution in [1.29, 1.82) is 0 Å². The third-order valence-electron chi connectivity index (χ3n) is 3.34. The summed E-state index contributed by atoms with van der Waals surface area (Å²) in [5, 5.41) is 0.743. The van der Waals surface area contributed by atoms with Gasteiger partial charge in [0.15, 0.2) is 0 Å². The number of aromatic amines is 1. The van der Waals surface area contributed by atoms with Crippen LogP contribution in [0.25, 0.3) is 22.0 Å². The topological polar surface area (TPSA) is 55.0 Å². The van der Waals surface area contributed by atoms with Gasteiger partial charge < -0.3 is 9.72 Å². The largest absolute Gasteiger partial charge is 0.464 e. The number of nitrogens with one attached hydrogen (secondary N) is 1. The Morgan fingerprint density at radius 3 is 2.76 bits per heavy atom. The van der Waals surface area contributed by atoms with Crippen molar-refractivity contribution in [3.05, 3.63) is 53.7 Å². The van der Waals surface area contributed by atoms with Gasteiger partial charge in [-0.2, -0.15) is 0 Å². The first-order valence-electron chi connectivity index (χ1n) is 6.42. The molecule has 3 rings (SSSR count). The summed E-state index contributed by atoms with van der Waals surface area (Å²) in [4.78, 5) is 18.5. The lowest BCUT2D eigenvalue weighted by atomic mass is 10.0. The van der Waals surface area contributed by atoms with Gasteiger partial charge in [-0.1, -0.05) is 6.07 Å². The minimum atomic E-state index is -0.481. The van der Waals surface area contributed by atoms with Gasteiger partial charge in [-0.3, -0.25) is 4.98 Å². The Morgan fingerprint density at radius 1 is 1.29 bits per heavy atom. The lowest BCUT2D eigenvalue weighted by Crippen LogP contribution is -2.00. The van der Waals surface area contributed by atoms with E-state index in [2.05, 4.69) is 14.7 Å². The first-order chi connectivity index (χ1) is 10.1. The van der Waals surface area contributed by atoms with Crippen molar-refractivity contribution < 1.29 is 13.9 Å². The predicted molar refractivity (Wildman–Crippen MR) is 77.6 cm³/mol. The summed E-state index contributed by atoms with van der Waals surface area (Å²) in [6.45, 7) is 1.87. The molecule has 0 amide bonds. The number of pyridine rings is 1. The van der Waals surface area contributed by atoms with E-state index in [4.69, 9.17) is 0 Å². The highest BCUT2D eigenvalue weighted by Gasteiger charge is 2.13. The van der Waals surface area contributed by atoms with Crippen LogP contribution in [0.4, 0.5) is 4.39 Å². The van der Waals surface area contributed by atoms with Crippen LogP contribution >= 0.6 is 0 Å². The fourth-order valence-electron chi connectivity index (χ4n) is 2.22. The Labute approximate surface area is 120 Å². The molecule has 21 heavy (non-hydrogen) atoms. The number of aryl methyl sites for hydroxylation is 1. The number of carbonyl (C=O) groups excluding carboxylic acids is 1. The molecule has 0 unspecified atom stereocenters. The van der Waals surface area contributed by atoms with Gasteiger partial charge in [0.25, 0.3) is 0 Å². The van der Waals surface area contributed by atoms with Crippen molar-refractivity contribution in [3.63, 3.8) is 0 Å². The van der Waals surface area contributed by atoms with Crippen molar-refractivity contribution in [1.82, 2.24) is 9.97 Å². The molecule has 0 saturated heterocycles. The monoisotopic (exact) mass is 284 g/mol. The number of H-pyrrole nitrogens is 1. The number of halogens is 1. The number of fused-ring (bicyclic) bond motifs is 1. The number of ether oxygens (including phenoxy) is 1. The average Bonchev–Trinajstić information content (AvgIpc) is 2.89. The lowest BCUT2D eigenvalue weighted by Gasteiger charge is -2.04. The summed E-state index contributed by atoms with van der Waals surface area (Å²) in [5.41, 5.74) is 2.86. The number of carbonyl (C=O) groups is 1. The van der Waals surface area contributed by atoms with Crippen LogP contribution in [0.2, 0.25) is 0 Å². The van der Waals surface area contributed by atoms with Gasteiger partial charge in [0.2, 0.25) is 0 Å². The highest BCUT2D eigenvalue weighted by molar-refractivity contribution is 5.96. The van der Waals surface area contributed by atoms with E-state index in [1.54, 1.807) is 18.3 Å². The van der Waals surface area contributed by atoms with Crippen LogP contribution in [0.3, 0.4) is 0 Å². The molecule has 4 nitrogen and oxygen atoms in total. The Morgan fingerprint density at radius 2 is 2.10 bits per heavy atom. The van der Waals surface area contributed by atoms with Gasteiger partial charge in [0, 0.05) is 33.9 Å². The molecule has 0 bridgehead atoms. The molecule has 0 aliphatic rings. The van der Waals surface area contributed by atoms with E-state index in [1.165, 1.54) is 13.2 Å². The number of esters is 1. The number of benzene rings is 1. The van der Waals surface area contributed by atoms with Crippen molar-refractivity contribution in [3.8, 4) is 11.1 Å². The summed E-state index contributed by atoms with van der Waals surface area (Å²) in [5.74, 6) is -0.850. The molecule has 0 radical (unpaired) electrons. The number of hydrogen-bond acceptors (Lipinski definition) is 3. The first kappa shape index (κ1) is 13.3. The van der Waals surface area contributed by atoms with E-state index in [1.807, 2.05) is 19.1 Å². The first-order valence-corrected chi connectivity index (χ1v) is 6.42. The van der Waals surface area contributed by atoms with Crippen molar-refractivity contribution in [2.24, 2.45) is 0 Å². The standard InChI is InChI=1S/C16H13FN2O2/c1-9-3-4-10(8-18-9)12-5-11-6-15(16(20)21-2)19-14(11)7-13(12)17/h3-8,19H,1-2H3. The minimum absolute atomic E-state index is 0.297. The summed E-state index contributed by atoms with van der Waals surface area (Å²) < 4.78 is 18.9. The van der Waals surface area contributed by atoms with E-state index in [-0.39, 0.29) is 5.82 Å². The van der Waals surface area contributed by atoms with Gasteiger partial charge in [0.05, 0.1) is 7.11 Å². The van der Waals surface area contributed by atoms with Gasteiger partial charge in [-0.05, 0) is 31.2 Å². The Hall–Kier alpha value is -2.69. The number of methoxy groups -OCH3 is 1. The van der Waals surface area contributed by atoms with E-state index in [0.717, 1.165) is 11.1 Å². The van der Waals surface area contributed by atoms with Crippen molar-refractivity contribution >= 4 is 16.9 Å². The van der Waals surface area contributed by atoms with E-state index >= 15 is 0 Å². The van der Waals surface area contributed by atoms with Crippen LogP contribution in [0.1, 0.15) is 16.2 Å². The molecular weight excluding hydrogens is 271 g/mol. The fraction of sp³-hybridized carbons (Fsp3) is 0.125. The Balaban J connectivity index is 2.14. The third-order valence-corrected chi connectivity index (χ3v) is 3.34. The summed E-state index contributed by atoms with van der Waals surface area (Å²) in [6, 6.07) is 8.36. The molecule has 2 aromatic heterocycles. The molecular formula is C16H13FN2O2. The number of hydrogen-bond donors (Lipinski definition) is 1. The zero-order valence-electron chi connectivity index (χ0n) is 11.6. The molecule has 1 aromatic carbocycles. The fourth-order valence-corrected chi connectivity index (χ4v) is 2.22. The highest BCUT2D eigenvalue weighted by Crippen LogP contribution is 2.28. The number of aromatic nitrogens is 2. The van der Waals surface area contributed by atoms with E-state index in [0.29, 0.717) is 22.3 Å². The maximum atomic E-state index is 14.2. The van der Waals surface area contributed by atoms with Gasteiger partial charge >= 0.3 is 5.97 Å². The molecule has 0 aliphatic heterocycles. The van der Waals surface area contributed by atoms with Crippen molar-refractivity contribution in [2.75, 3.05) is 7.11 Å². The van der Waals surface area contributed by atoms with Crippen LogP contribution in [0.5, 0.6) is 0 Å². The molecule has 0 spiro atoms. The molecule has 3 aromatic rings. The van der Waals surface area contributed by atoms with Gasteiger partial charge in [-0.15, -0.1) is 0 Å². The van der Waals surface area contributed by atoms with Crippen LogP contribution in [0, 0.1) is 12.7 Å². The molecule has 2 heterocycles. The molecule has 0 aliphatic carbocycles. The average molecular weight is 284 g/mol. The molecule has 1 N–H and O–H groups in total. The van der Waals surface area contributed by atoms with E-state index in [9.17, 15) is 9.18 Å². The quantitative estimate of drug-likeness (QED) is 0.733. The smallest absolute Gasteiger partial charge is 0.354 e. The second-order valence-electron chi connectivity index (χ2n) is 4.78. The zero-order valence-corrected chi connectivity index (χ0v) is 11.6. The number of rotatable bonds is 2. The molecule has 5 heteroatoms. The maximum Gasteiger partial charge on any atom is 0.354 e. The SMILES string of the molecule is COC(=O)c1cc2cc(-c3ccc(C)nc3)c(F)cc2[nH]1.